The Morgan fingerprint density at radius 3 is 0.970 bits per heavy atom. The van der Waals surface area contributed by atoms with Crippen LogP contribution < -0.4 is 0 Å². The number of hydrogen-bond acceptors (Lipinski definition) is 2. The molecule has 0 bridgehead atoms. The van der Waals surface area contributed by atoms with Gasteiger partial charge >= 0.3 is 0 Å². The first-order chi connectivity index (χ1) is 49.6. The molecule has 100 heavy (non-hydrogen) atoms. The molecule has 0 saturated carbocycles. The third-order valence-corrected chi connectivity index (χ3v) is 23.0. The lowest BCUT2D eigenvalue weighted by Crippen LogP contribution is -1.96. The van der Waals surface area contributed by atoms with Crippen molar-refractivity contribution in [2.45, 2.75) is 0 Å². The number of hydrogen-bond donors (Lipinski definition) is 0. The van der Waals surface area contributed by atoms with Gasteiger partial charge in [0.2, 0.25) is 0 Å². The van der Waals surface area contributed by atoms with Crippen LogP contribution in [0, 0.1) is 0 Å². The van der Waals surface area contributed by atoms with Crippen molar-refractivity contribution in [3.8, 4) is 56.1 Å². The van der Waals surface area contributed by atoms with E-state index in [0.717, 1.165) is 11.4 Å². The Labute approximate surface area is 583 Å². The Morgan fingerprint density at radius 1 is 0.150 bits per heavy atom. The molecule has 0 N–H and O–H groups in total. The van der Waals surface area contributed by atoms with Crippen LogP contribution in [0.3, 0.4) is 0 Å². The van der Waals surface area contributed by atoms with Crippen molar-refractivity contribution in [2.75, 3.05) is 0 Å². The molecule has 22 aromatic rings. The molecule has 0 saturated heterocycles. The highest BCUT2D eigenvalue weighted by Gasteiger charge is 2.23. The van der Waals surface area contributed by atoms with Gasteiger partial charge in [-0.15, -0.1) is 22.7 Å². The first-order valence-corrected chi connectivity index (χ1v) is 35.8. The van der Waals surface area contributed by atoms with Crippen molar-refractivity contribution in [1.29, 1.82) is 0 Å². The predicted molar refractivity (Wildman–Crippen MR) is 430 cm³/mol. The summed E-state index contributed by atoms with van der Waals surface area (Å²) in [6, 6.07) is 129. The maximum Gasteiger partial charge on any atom is 0.0562 e. The van der Waals surface area contributed by atoms with E-state index in [1.54, 1.807) is 0 Å². The molecular weight excluding hydrogens is 1250 g/mol. The zero-order valence-electron chi connectivity index (χ0n) is 54.1. The molecule has 466 valence electrons. The zero-order valence-corrected chi connectivity index (χ0v) is 55.7. The number of rotatable bonds is 7. The Kier molecular flexibility index (Phi) is 12.7. The van der Waals surface area contributed by atoms with Gasteiger partial charge < -0.3 is 18.3 Å². The summed E-state index contributed by atoms with van der Waals surface area (Å²) in [5, 5.41) is 18.0. The molecular formula is C94H58N4S2. The second kappa shape index (κ2) is 22.5. The summed E-state index contributed by atoms with van der Waals surface area (Å²) in [6.07, 6.45) is 0. The van der Waals surface area contributed by atoms with Crippen LogP contribution in [-0.4, -0.2) is 18.3 Å². The highest BCUT2D eigenvalue weighted by Crippen LogP contribution is 2.47. The molecule has 0 aliphatic heterocycles. The number of nitrogens with zero attached hydrogens (tertiary/aromatic N) is 4. The maximum absolute atomic E-state index is 2.46. The SMILES string of the molecule is c1ccc(-c2cccc(-c3ccc(-n4c5ccccc5c5cc6c7cc8sc9ccccc9c8cc7n(-c7ccccc7)c6cc54)cc3)c2)cc1.c1ccc(-n2c3cc4c(cc3c3cc5c6ccccc6n(-c6ccc(-c7ccc8ccccc8c7)cc6)c5cc32)sc2ccccc24)cc1. The van der Waals surface area contributed by atoms with Gasteiger partial charge in [0.15, 0.2) is 0 Å². The molecule has 0 aliphatic rings. The summed E-state index contributed by atoms with van der Waals surface area (Å²) in [6.45, 7) is 0. The molecule has 0 amide bonds. The largest absolute Gasteiger partial charge is 0.309 e. The standard InChI is InChI=1S/C48H30N2S.C46H28N2S/c1-3-12-31(13-4-1)33-14-11-15-34(26-33)32-22-24-36(25-23-32)49-43-20-9-7-18-37(43)39-27-40-41-29-48-42(38-19-8-10-21-47(38)51-48)28-44(41)50(46(40)30-45(39)49)35-16-5-2-6-17-35;1-2-12-33(13-3-1)48-42-26-40-36-15-7-9-17-45(36)49-46(40)27-39(42)38-25-37-35-14-6-8-16-41(35)47(43(37)28-44(38)48)34-22-20-30(21-23-34)32-19-18-29-10-4-5-11-31(29)24-32/h1-30H;1-28H. The summed E-state index contributed by atoms with van der Waals surface area (Å²) < 4.78 is 15.1. The smallest absolute Gasteiger partial charge is 0.0562 e. The maximum atomic E-state index is 2.46. The molecule has 0 radical (unpaired) electrons. The second-order valence-corrected chi connectivity index (χ2v) is 28.5. The van der Waals surface area contributed by atoms with E-state index < -0.39 is 0 Å². The average molecular weight is 1310 g/mol. The van der Waals surface area contributed by atoms with E-state index in [-0.39, 0.29) is 0 Å². The van der Waals surface area contributed by atoms with E-state index in [2.05, 4.69) is 370 Å². The Balaban J connectivity index is 0.000000131. The Bertz CT molecular complexity index is 7050. The van der Waals surface area contributed by atoms with Crippen LogP contribution in [0.2, 0.25) is 0 Å². The number of aromatic nitrogens is 4. The first kappa shape index (κ1) is 56.6. The van der Waals surface area contributed by atoms with E-state index in [4.69, 9.17) is 0 Å². The fourth-order valence-electron chi connectivity index (χ4n) is 16.1. The van der Waals surface area contributed by atoms with Crippen LogP contribution in [0.5, 0.6) is 0 Å². The monoisotopic (exact) mass is 1310 g/mol. The van der Waals surface area contributed by atoms with Crippen molar-refractivity contribution in [1.82, 2.24) is 18.3 Å². The first-order valence-electron chi connectivity index (χ1n) is 34.2. The summed E-state index contributed by atoms with van der Waals surface area (Å²) >= 11 is 3.77. The third kappa shape index (κ3) is 8.91. The van der Waals surface area contributed by atoms with Crippen LogP contribution in [0.15, 0.2) is 352 Å². The Morgan fingerprint density at radius 2 is 0.480 bits per heavy atom. The van der Waals surface area contributed by atoms with Gasteiger partial charge in [0.1, 0.15) is 0 Å². The van der Waals surface area contributed by atoms with Crippen molar-refractivity contribution in [3.05, 3.63) is 352 Å². The molecule has 0 atom stereocenters. The van der Waals surface area contributed by atoms with E-state index in [1.807, 2.05) is 22.7 Å². The number of fused-ring (bicyclic) bond motifs is 19. The summed E-state index contributed by atoms with van der Waals surface area (Å²) in [5.41, 5.74) is 21.7. The van der Waals surface area contributed by atoms with Gasteiger partial charge in [0, 0.05) is 106 Å². The third-order valence-electron chi connectivity index (χ3n) is 20.8. The summed E-state index contributed by atoms with van der Waals surface area (Å²) in [4.78, 5) is 0. The van der Waals surface area contributed by atoms with E-state index in [9.17, 15) is 0 Å². The highest BCUT2D eigenvalue weighted by molar-refractivity contribution is 7.26. The fourth-order valence-corrected chi connectivity index (χ4v) is 18.4. The van der Waals surface area contributed by atoms with Gasteiger partial charge in [-0.1, -0.05) is 218 Å². The summed E-state index contributed by atoms with van der Waals surface area (Å²) in [5.74, 6) is 0. The minimum atomic E-state index is 1.15. The molecule has 0 fully saturated rings. The van der Waals surface area contributed by atoms with Crippen LogP contribution >= 0.6 is 22.7 Å². The van der Waals surface area contributed by atoms with E-state index in [1.165, 1.54) is 183 Å². The molecule has 0 aliphatic carbocycles. The lowest BCUT2D eigenvalue weighted by atomic mass is 9.99. The van der Waals surface area contributed by atoms with Crippen LogP contribution in [0.25, 0.3) is 194 Å². The van der Waals surface area contributed by atoms with Crippen molar-refractivity contribution >= 4 is 161 Å². The van der Waals surface area contributed by atoms with Gasteiger partial charge in [-0.05, 0) is 178 Å². The summed E-state index contributed by atoms with van der Waals surface area (Å²) in [7, 11) is 0. The number of thiophene rings is 2. The van der Waals surface area contributed by atoms with Crippen molar-refractivity contribution in [2.24, 2.45) is 0 Å². The van der Waals surface area contributed by atoms with Gasteiger partial charge in [-0.2, -0.15) is 0 Å². The highest BCUT2D eigenvalue weighted by atomic mass is 32.1. The van der Waals surface area contributed by atoms with Crippen LogP contribution in [0.1, 0.15) is 0 Å². The quantitative estimate of drug-likeness (QED) is 0.152. The number of para-hydroxylation sites is 4. The minimum absolute atomic E-state index is 1.15. The molecule has 4 nitrogen and oxygen atoms in total. The normalized spacial score (nSPS) is 12.0. The lowest BCUT2D eigenvalue weighted by molar-refractivity contribution is 1.17. The molecule has 22 rings (SSSR count). The van der Waals surface area contributed by atoms with Gasteiger partial charge in [-0.3, -0.25) is 0 Å². The van der Waals surface area contributed by atoms with Gasteiger partial charge in [-0.25, -0.2) is 0 Å². The van der Waals surface area contributed by atoms with Crippen molar-refractivity contribution < 1.29 is 0 Å². The van der Waals surface area contributed by atoms with Gasteiger partial charge in [0.05, 0.1) is 44.1 Å². The second-order valence-electron chi connectivity index (χ2n) is 26.4. The molecule has 6 heterocycles. The molecule has 6 heteroatoms. The van der Waals surface area contributed by atoms with Gasteiger partial charge in [0.25, 0.3) is 0 Å². The Hall–Kier alpha value is -12.6. The van der Waals surface area contributed by atoms with E-state index in [0.29, 0.717) is 0 Å². The van der Waals surface area contributed by atoms with Crippen LogP contribution in [-0.2, 0) is 0 Å². The van der Waals surface area contributed by atoms with Crippen LogP contribution in [0.4, 0.5) is 0 Å². The minimum Gasteiger partial charge on any atom is -0.309 e. The lowest BCUT2D eigenvalue weighted by Gasteiger charge is -2.11. The average Bonchev–Trinajstić information content (AvgIpc) is 1.55. The molecule has 0 spiro atoms. The van der Waals surface area contributed by atoms with E-state index >= 15 is 0 Å². The molecule has 0 unspecified atom stereocenters. The number of benzene rings is 16. The predicted octanol–water partition coefficient (Wildman–Crippen LogP) is 26.7. The zero-order chi connectivity index (χ0) is 65.5. The molecule has 16 aromatic carbocycles. The molecule has 6 aromatic heterocycles. The topological polar surface area (TPSA) is 19.7 Å². The fraction of sp³-hybridized carbons (Fsp3) is 0. The van der Waals surface area contributed by atoms with Crippen molar-refractivity contribution in [3.63, 3.8) is 0 Å².